The van der Waals surface area contributed by atoms with Crippen LogP contribution in [0.25, 0.3) is 0 Å². The number of alkyl halides is 2. The molecule has 3 nitrogen and oxygen atoms in total. The summed E-state index contributed by atoms with van der Waals surface area (Å²) in [5.74, 6) is -0.292. The molecule has 0 aliphatic rings. The summed E-state index contributed by atoms with van der Waals surface area (Å²) in [5, 5.41) is 8.78. The predicted molar refractivity (Wildman–Crippen MR) is 71.6 cm³/mol. The van der Waals surface area contributed by atoms with Gasteiger partial charge in [0.25, 0.3) is 6.43 Å². The van der Waals surface area contributed by atoms with Crippen LogP contribution in [0.15, 0.2) is 29.2 Å². The molecule has 1 N–H and O–H groups in total. The smallest absolute Gasteiger partial charge is 0.255 e. The quantitative estimate of drug-likeness (QED) is 0.782. The van der Waals surface area contributed by atoms with Crippen molar-refractivity contribution >= 4 is 17.7 Å². The van der Waals surface area contributed by atoms with Crippen LogP contribution in [0.4, 0.5) is 8.78 Å². The van der Waals surface area contributed by atoms with Crippen molar-refractivity contribution in [3.05, 3.63) is 29.8 Å². The topological polar surface area (TPSA) is 40.5 Å². The largest absolute Gasteiger partial charge is 0.395 e. The molecular formula is C13H17F2NO2S. The molecule has 1 aromatic rings. The Balaban J connectivity index is 2.55. The first kappa shape index (κ1) is 15.9. The second-order valence-corrected chi connectivity index (χ2v) is 5.03. The Labute approximate surface area is 115 Å². The molecule has 0 fully saturated rings. The third-order valence-electron chi connectivity index (χ3n) is 2.53. The number of hydrogen-bond acceptors (Lipinski definition) is 3. The molecule has 0 unspecified atom stereocenters. The number of amides is 1. The lowest BCUT2D eigenvalue weighted by molar-refractivity contribution is -0.130. The molecule has 0 atom stereocenters. The average Bonchev–Trinajstić information content (AvgIpc) is 2.36. The first-order valence-electron chi connectivity index (χ1n) is 5.89. The van der Waals surface area contributed by atoms with Crippen molar-refractivity contribution in [3.63, 3.8) is 0 Å². The van der Waals surface area contributed by atoms with Gasteiger partial charge in [-0.25, -0.2) is 8.78 Å². The van der Waals surface area contributed by atoms with Gasteiger partial charge < -0.3 is 10.0 Å². The summed E-state index contributed by atoms with van der Waals surface area (Å²) >= 11 is 1.32. The normalized spacial score (nSPS) is 10.8. The Morgan fingerprint density at radius 3 is 2.68 bits per heavy atom. The first-order chi connectivity index (χ1) is 9.04. The zero-order valence-electron chi connectivity index (χ0n) is 10.7. The van der Waals surface area contributed by atoms with Gasteiger partial charge in [0.1, 0.15) is 0 Å². The zero-order chi connectivity index (χ0) is 14.3. The molecule has 0 heterocycles. The van der Waals surface area contributed by atoms with Crippen molar-refractivity contribution in [3.8, 4) is 0 Å². The van der Waals surface area contributed by atoms with E-state index in [2.05, 4.69) is 0 Å². The molecule has 0 saturated heterocycles. The van der Waals surface area contributed by atoms with Gasteiger partial charge in [-0.2, -0.15) is 0 Å². The fraction of sp³-hybridized carbons (Fsp3) is 0.462. The SMILES string of the molecule is Cc1ccccc1SCC(=O)N(CCO)CC(F)F. The Morgan fingerprint density at radius 2 is 2.11 bits per heavy atom. The van der Waals surface area contributed by atoms with Crippen LogP contribution in [-0.4, -0.2) is 47.8 Å². The predicted octanol–water partition coefficient (Wildman–Crippen LogP) is 2.17. The van der Waals surface area contributed by atoms with Crippen molar-refractivity contribution in [1.82, 2.24) is 4.90 Å². The summed E-state index contributed by atoms with van der Waals surface area (Å²) in [6.07, 6.45) is -2.58. The number of carbonyl (C=O) groups excluding carboxylic acids is 1. The van der Waals surface area contributed by atoms with Crippen molar-refractivity contribution < 1.29 is 18.7 Å². The summed E-state index contributed by atoms with van der Waals surface area (Å²) < 4.78 is 24.6. The van der Waals surface area contributed by atoms with Gasteiger partial charge in [-0.3, -0.25) is 4.79 Å². The number of carbonyl (C=O) groups is 1. The molecular weight excluding hydrogens is 272 g/mol. The second kappa shape index (κ2) is 8.12. The van der Waals surface area contributed by atoms with Crippen LogP contribution in [0.1, 0.15) is 5.56 Å². The Hall–Kier alpha value is -1.14. The molecule has 1 aromatic carbocycles. The van der Waals surface area contributed by atoms with Crippen LogP contribution in [0.5, 0.6) is 0 Å². The second-order valence-electron chi connectivity index (χ2n) is 4.01. The van der Waals surface area contributed by atoms with Gasteiger partial charge in [0.05, 0.1) is 18.9 Å². The van der Waals surface area contributed by atoms with E-state index < -0.39 is 13.0 Å². The molecule has 0 aliphatic heterocycles. The van der Waals surface area contributed by atoms with Gasteiger partial charge in [-0.05, 0) is 18.6 Å². The highest BCUT2D eigenvalue weighted by atomic mass is 32.2. The van der Waals surface area contributed by atoms with E-state index >= 15 is 0 Å². The van der Waals surface area contributed by atoms with Crippen molar-refractivity contribution in [2.75, 3.05) is 25.4 Å². The number of benzene rings is 1. The summed E-state index contributed by atoms with van der Waals surface area (Å²) in [4.78, 5) is 13.8. The van der Waals surface area contributed by atoms with E-state index in [0.717, 1.165) is 15.4 Å². The number of rotatable bonds is 7. The lowest BCUT2D eigenvalue weighted by atomic mass is 10.2. The van der Waals surface area contributed by atoms with Crippen LogP contribution < -0.4 is 0 Å². The monoisotopic (exact) mass is 289 g/mol. The number of nitrogens with zero attached hydrogens (tertiary/aromatic N) is 1. The molecule has 1 amide bonds. The van der Waals surface area contributed by atoms with E-state index in [-0.39, 0.29) is 24.8 Å². The molecule has 6 heteroatoms. The van der Waals surface area contributed by atoms with Crippen LogP contribution >= 0.6 is 11.8 Å². The minimum Gasteiger partial charge on any atom is -0.395 e. The molecule has 1 rings (SSSR count). The van der Waals surface area contributed by atoms with E-state index in [4.69, 9.17) is 5.11 Å². The Kier molecular flexibility index (Phi) is 6.80. The maximum absolute atomic E-state index is 12.3. The molecule has 0 bridgehead atoms. The van der Waals surface area contributed by atoms with E-state index in [0.29, 0.717) is 0 Å². The molecule has 106 valence electrons. The number of aliphatic hydroxyl groups excluding tert-OH is 1. The van der Waals surface area contributed by atoms with Crippen molar-refractivity contribution in [2.24, 2.45) is 0 Å². The Morgan fingerprint density at radius 1 is 1.42 bits per heavy atom. The molecule has 0 spiro atoms. The summed E-state index contributed by atoms with van der Waals surface area (Å²) in [7, 11) is 0. The standard InChI is InChI=1S/C13H17F2NO2S/c1-10-4-2-3-5-11(10)19-9-13(18)16(6-7-17)8-12(14)15/h2-5,12,17H,6-9H2,1H3. The zero-order valence-corrected chi connectivity index (χ0v) is 11.5. The lowest BCUT2D eigenvalue weighted by Crippen LogP contribution is -2.38. The number of aliphatic hydroxyl groups is 1. The van der Waals surface area contributed by atoms with Gasteiger partial charge in [0.2, 0.25) is 5.91 Å². The average molecular weight is 289 g/mol. The van der Waals surface area contributed by atoms with E-state index in [1.807, 2.05) is 31.2 Å². The van der Waals surface area contributed by atoms with Gasteiger partial charge in [0, 0.05) is 11.4 Å². The van der Waals surface area contributed by atoms with Gasteiger partial charge >= 0.3 is 0 Å². The van der Waals surface area contributed by atoms with Crippen LogP contribution in [0, 0.1) is 6.92 Å². The van der Waals surface area contributed by atoms with Gasteiger partial charge in [-0.1, -0.05) is 18.2 Å². The molecule has 19 heavy (non-hydrogen) atoms. The number of hydrogen-bond donors (Lipinski definition) is 1. The first-order valence-corrected chi connectivity index (χ1v) is 6.88. The van der Waals surface area contributed by atoms with Crippen LogP contribution in [0.2, 0.25) is 0 Å². The Bertz CT molecular complexity index is 415. The maximum Gasteiger partial charge on any atom is 0.255 e. The van der Waals surface area contributed by atoms with E-state index in [1.54, 1.807) is 0 Å². The summed E-state index contributed by atoms with van der Waals surface area (Å²) in [6.45, 7) is 0.927. The molecule has 0 aliphatic carbocycles. The van der Waals surface area contributed by atoms with Gasteiger partial charge in [0.15, 0.2) is 0 Å². The van der Waals surface area contributed by atoms with E-state index in [1.165, 1.54) is 11.8 Å². The van der Waals surface area contributed by atoms with Crippen LogP contribution in [-0.2, 0) is 4.79 Å². The maximum atomic E-state index is 12.3. The molecule has 0 aromatic heterocycles. The minimum atomic E-state index is -2.58. The highest BCUT2D eigenvalue weighted by molar-refractivity contribution is 8.00. The van der Waals surface area contributed by atoms with Crippen molar-refractivity contribution in [1.29, 1.82) is 0 Å². The minimum absolute atomic E-state index is 0.0580. The highest BCUT2D eigenvalue weighted by Crippen LogP contribution is 2.22. The summed E-state index contributed by atoms with van der Waals surface area (Å²) in [6, 6.07) is 7.58. The van der Waals surface area contributed by atoms with E-state index in [9.17, 15) is 13.6 Å². The number of thioether (sulfide) groups is 1. The fourth-order valence-electron chi connectivity index (χ4n) is 1.55. The summed E-state index contributed by atoms with van der Waals surface area (Å²) in [5.41, 5.74) is 1.04. The molecule has 0 radical (unpaired) electrons. The fourth-order valence-corrected chi connectivity index (χ4v) is 2.49. The van der Waals surface area contributed by atoms with Crippen LogP contribution in [0.3, 0.4) is 0 Å². The molecule has 0 saturated carbocycles. The third-order valence-corrected chi connectivity index (χ3v) is 3.69. The number of halogens is 2. The van der Waals surface area contributed by atoms with Crippen molar-refractivity contribution in [2.45, 2.75) is 18.2 Å². The lowest BCUT2D eigenvalue weighted by Gasteiger charge is -2.21. The number of aryl methyl sites for hydroxylation is 1. The van der Waals surface area contributed by atoms with Gasteiger partial charge in [-0.15, -0.1) is 11.8 Å². The highest BCUT2D eigenvalue weighted by Gasteiger charge is 2.17. The third kappa shape index (κ3) is 5.57.